The fourth-order valence-corrected chi connectivity index (χ4v) is 5.45. The molecule has 0 spiro atoms. The van der Waals surface area contributed by atoms with Crippen molar-refractivity contribution in [2.75, 3.05) is 16.9 Å². The van der Waals surface area contributed by atoms with E-state index in [2.05, 4.69) is 15.6 Å². The normalized spacial score (nSPS) is 19.1. The van der Waals surface area contributed by atoms with Gasteiger partial charge in [0, 0.05) is 11.2 Å². The number of nitrogens with zero attached hydrogens (tertiary/aromatic N) is 1. The number of aromatic nitrogens is 1. The third-order valence-corrected chi connectivity index (χ3v) is 7.72. The van der Waals surface area contributed by atoms with Crippen LogP contribution in [0.3, 0.4) is 0 Å². The van der Waals surface area contributed by atoms with E-state index in [9.17, 15) is 18.0 Å². The van der Waals surface area contributed by atoms with Gasteiger partial charge in [0.2, 0.25) is 5.91 Å². The Morgan fingerprint density at radius 3 is 2.71 bits per heavy atom. The summed E-state index contributed by atoms with van der Waals surface area (Å²) in [5.41, 5.74) is 1.25. The minimum Gasteiger partial charge on any atom is -0.323 e. The second-order valence-corrected chi connectivity index (χ2v) is 11.0. The first-order chi connectivity index (χ1) is 13.2. The van der Waals surface area contributed by atoms with Crippen LogP contribution in [0.5, 0.6) is 0 Å². The van der Waals surface area contributed by atoms with Gasteiger partial charge in [-0.25, -0.2) is 13.4 Å². The predicted molar refractivity (Wildman–Crippen MR) is 111 cm³/mol. The van der Waals surface area contributed by atoms with Gasteiger partial charge in [0.1, 0.15) is 0 Å². The van der Waals surface area contributed by atoms with Crippen LogP contribution < -0.4 is 10.6 Å². The molecule has 0 radical (unpaired) electrons. The lowest BCUT2D eigenvalue weighted by Gasteiger charge is -2.31. The fraction of sp³-hybridized carbons (Fsp3) is 0.167. The zero-order valence-electron chi connectivity index (χ0n) is 14.8. The van der Waals surface area contributed by atoms with Gasteiger partial charge in [0.25, 0.3) is 5.91 Å². The molecule has 3 aromatic rings. The molecule has 7 nitrogen and oxygen atoms in total. The Hall–Kier alpha value is -2.43. The predicted octanol–water partition coefficient (Wildman–Crippen LogP) is 3.14. The van der Waals surface area contributed by atoms with Crippen LogP contribution in [-0.2, 0) is 19.4 Å². The highest BCUT2D eigenvalue weighted by atomic mass is 32.2. The van der Waals surface area contributed by atoms with Crippen molar-refractivity contribution < 1.29 is 18.0 Å². The molecule has 1 atom stereocenters. The quantitative estimate of drug-likeness (QED) is 0.615. The third-order valence-electron chi connectivity index (χ3n) is 4.32. The summed E-state index contributed by atoms with van der Waals surface area (Å²) in [6.07, 6.45) is 1.13. The average Bonchev–Trinajstić information content (AvgIpc) is 3.03. The SMILES string of the molecule is CC1(C(=O)Nc2nc3ccc(S(C)(=O)=O)cc3s2)Sc2ccccc2NC1=O. The van der Waals surface area contributed by atoms with Gasteiger partial charge in [-0.3, -0.25) is 9.59 Å². The van der Waals surface area contributed by atoms with Crippen molar-refractivity contribution >= 4 is 65.8 Å². The van der Waals surface area contributed by atoms with Crippen LogP contribution in [0.25, 0.3) is 10.2 Å². The third kappa shape index (κ3) is 3.27. The van der Waals surface area contributed by atoms with Gasteiger partial charge in [-0.15, -0.1) is 0 Å². The highest BCUT2D eigenvalue weighted by Gasteiger charge is 2.46. The van der Waals surface area contributed by atoms with Crippen molar-refractivity contribution in [2.24, 2.45) is 0 Å². The molecule has 0 saturated heterocycles. The van der Waals surface area contributed by atoms with Crippen LogP contribution in [0.4, 0.5) is 10.8 Å². The molecule has 0 saturated carbocycles. The standard InChI is InChI=1S/C18H15N3O4S3/c1-18(15(22)19-11-5-3-4-6-13(11)27-18)16(23)21-17-20-12-8-7-10(28(2,24)25)9-14(12)26-17/h3-9H,1-2H3,(H,19,22)(H,20,21,23). The number of rotatable bonds is 3. The van der Waals surface area contributed by atoms with Gasteiger partial charge in [0.15, 0.2) is 19.7 Å². The van der Waals surface area contributed by atoms with E-state index < -0.39 is 26.4 Å². The molecule has 144 valence electrons. The first-order valence-corrected chi connectivity index (χ1v) is 11.7. The van der Waals surface area contributed by atoms with Gasteiger partial charge in [-0.1, -0.05) is 35.2 Å². The number of amides is 2. The lowest BCUT2D eigenvalue weighted by atomic mass is 10.1. The number of sulfone groups is 1. The van der Waals surface area contributed by atoms with Crippen LogP contribution in [0.2, 0.25) is 0 Å². The maximum atomic E-state index is 12.9. The number of fused-ring (bicyclic) bond motifs is 2. The minimum absolute atomic E-state index is 0.187. The molecule has 1 unspecified atom stereocenters. The Balaban J connectivity index is 1.62. The summed E-state index contributed by atoms with van der Waals surface area (Å²) >= 11 is 2.34. The number of thioether (sulfide) groups is 1. The van der Waals surface area contributed by atoms with Crippen molar-refractivity contribution in [1.29, 1.82) is 0 Å². The molecule has 0 bridgehead atoms. The van der Waals surface area contributed by atoms with Crippen molar-refractivity contribution in [3.05, 3.63) is 42.5 Å². The molecule has 1 aromatic heterocycles. The molecule has 2 heterocycles. The summed E-state index contributed by atoms with van der Waals surface area (Å²) in [5, 5.41) is 5.77. The fourth-order valence-electron chi connectivity index (χ4n) is 2.72. The van der Waals surface area contributed by atoms with E-state index in [1.165, 1.54) is 23.9 Å². The summed E-state index contributed by atoms with van der Waals surface area (Å²) in [5.74, 6) is -0.902. The average molecular weight is 434 g/mol. The van der Waals surface area contributed by atoms with Gasteiger partial charge < -0.3 is 10.6 Å². The molecule has 2 amide bonds. The molecule has 0 aliphatic carbocycles. The molecule has 2 aromatic carbocycles. The van der Waals surface area contributed by atoms with Crippen molar-refractivity contribution in [3.8, 4) is 0 Å². The number of carbonyl (C=O) groups excluding carboxylic acids is 2. The van der Waals surface area contributed by atoms with Crippen LogP contribution in [0, 0.1) is 0 Å². The van der Waals surface area contributed by atoms with E-state index in [1.54, 1.807) is 19.1 Å². The van der Waals surface area contributed by atoms with Crippen molar-refractivity contribution in [2.45, 2.75) is 21.5 Å². The first-order valence-electron chi connectivity index (χ1n) is 8.18. The van der Waals surface area contributed by atoms with E-state index in [4.69, 9.17) is 0 Å². The Kier molecular flexibility index (Phi) is 4.44. The largest absolute Gasteiger partial charge is 0.323 e. The molecule has 1 aliphatic heterocycles. The minimum atomic E-state index is -3.34. The number of anilines is 2. The number of hydrogen-bond donors (Lipinski definition) is 2. The van der Waals surface area contributed by atoms with Crippen LogP contribution in [0.15, 0.2) is 52.3 Å². The maximum Gasteiger partial charge on any atom is 0.252 e. The molecule has 0 fully saturated rings. The summed E-state index contributed by atoms with van der Waals surface area (Å²) in [4.78, 5) is 30.8. The summed E-state index contributed by atoms with van der Waals surface area (Å²) in [6.45, 7) is 1.56. The molecule has 2 N–H and O–H groups in total. The summed E-state index contributed by atoms with van der Waals surface area (Å²) in [7, 11) is -3.34. The Bertz CT molecular complexity index is 1240. The lowest BCUT2D eigenvalue weighted by Crippen LogP contribution is -2.49. The molecule has 1 aliphatic rings. The maximum absolute atomic E-state index is 12.9. The monoisotopic (exact) mass is 433 g/mol. The number of hydrogen-bond acceptors (Lipinski definition) is 7. The molecule has 28 heavy (non-hydrogen) atoms. The summed E-state index contributed by atoms with van der Waals surface area (Å²) in [6, 6.07) is 11.9. The Morgan fingerprint density at radius 2 is 1.96 bits per heavy atom. The van der Waals surface area contributed by atoms with E-state index >= 15 is 0 Å². The van der Waals surface area contributed by atoms with Crippen LogP contribution >= 0.6 is 23.1 Å². The number of carbonyl (C=O) groups is 2. The molecular weight excluding hydrogens is 418 g/mol. The van der Waals surface area contributed by atoms with Gasteiger partial charge in [-0.05, 0) is 37.3 Å². The Labute approximate surface area is 169 Å². The van der Waals surface area contributed by atoms with E-state index in [1.807, 2.05) is 18.2 Å². The van der Waals surface area contributed by atoms with Crippen molar-refractivity contribution in [1.82, 2.24) is 4.98 Å². The topological polar surface area (TPSA) is 105 Å². The second-order valence-electron chi connectivity index (χ2n) is 6.46. The zero-order chi connectivity index (χ0) is 20.1. The van der Waals surface area contributed by atoms with E-state index in [-0.39, 0.29) is 4.90 Å². The highest BCUT2D eigenvalue weighted by Crippen LogP contribution is 2.43. The van der Waals surface area contributed by atoms with Crippen LogP contribution in [0.1, 0.15) is 6.92 Å². The van der Waals surface area contributed by atoms with Crippen LogP contribution in [-0.4, -0.2) is 36.2 Å². The van der Waals surface area contributed by atoms with E-state index in [0.29, 0.717) is 21.0 Å². The molecule has 4 rings (SSSR count). The smallest absolute Gasteiger partial charge is 0.252 e. The van der Waals surface area contributed by atoms with Gasteiger partial charge in [0.05, 0.1) is 20.8 Å². The number of para-hydroxylation sites is 1. The highest BCUT2D eigenvalue weighted by molar-refractivity contribution is 8.02. The first kappa shape index (κ1) is 18.9. The molecular formula is C18H15N3O4S3. The van der Waals surface area contributed by atoms with Crippen molar-refractivity contribution in [3.63, 3.8) is 0 Å². The Morgan fingerprint density at radius 1 is 1.21 bits per heavy atom. The van der Waals surface area contributed by atoms with Gasteiger partial charge in [-0.2, -0.15) is 0 Å². The second kappa shape index (κ2) is 6.57. The lowest BCUT2D eigenvalue weighted by molar-refractivity contribution is -0.126. The van der Waals surface area contributed by atoms with Gasteiger partial charge >= 0.3 is 0 Å². The molecule has 10 heteroatoms. The zero-order valence-corrected chi connectivity index (χ0v) is 17.3. The van der Waals surface area contributed by atoms with E-state index in [0.717, 1.165) is 22.5 Å². The summed E-state index contributed by atoms with van der Waals surface area (Å²) < 4.78 is 22.7. The number of nitrogens with one attached hydrogen (secondary N) is 2. The number of benzene rings is 2. The number of thiazole rings is 1.